The standard InChI is InChI=1S/C8H10N2O2/c11-7-6(9-8(12)10-7)5-3-1-2-4-5/h1-4H2,(H2,9,10,11,12). The van der Waals surface area contributed by atoms with Crippen molar-refractivity contribution in [2.75, 3.05) is 0 Å². The second-order valence-corrected chi connectivity index (χ2v) is 3.09. The third kappa shape index (κ3) is 1.09. The third-order valence-corrected chi connectivity index (χ3v) is 2.25. The van der Waals surface area contributed by atoms with Gasteiger partial charge in [-0.2, -0.15) is 0 Å². The molecule has 1 saturated heterocycles. The van der Waals surface area contributed by atoms with Gasteiger partial charge in [-0.1, -0.05) is 0 Å². The summed E-state index contributed by atoms with van der Waals surface area (Å²) in [6, 6.07) is -0.394. The molecule has 0 aromatic rings. The van der Waals surface area contributed by atoms with E-state index in [-0.39, 0.29) is 5.91 Å². The van der Waals surface area contributed by atoms with E-state index in [0.717, 1.165) is 31.3 Å². The van der Waals surface area contributed by atoms with Gasteiger partial charge in [0.15, 0.2) is 0 Å². The minimum atomic E-state index is -0.394. The number of carbonyl (C=O) groups is 2. The normalized spacial score (nSPS) is 23.0. The van der Waals surface area contributed by atoms with Crippen LogP contribution < -0.4 is 10.6 Å². The van der Waals surface area contributed by atoms with Crippen molar-refractivity contribution >= 4 is 11.9 Å². The maximum absolute atomic E-state index is 11.1. The van der Waals surface area contributed by atoms with Gasteiger partial charge >= 0.3 is 6.03 Å². The summed E-state index contributed by atoms with van der Waals surface area (Å²) in [6.07, 6.45) is 4.15. The fourth-order valence-electron chi connectivity index (χ4n) is 1.67. The number of nitrogens with one attached hydrogen (secondary N) is 2. The van der Waals surface area contributed by atoms with Gasteiger partial charge in [0, 0.05) is 0 Å². The molecule has 0 aromatic heterocycles. The van der Waals surface area contributed by atoms with Crippen molar-refractivity contribution in [1.82, 2.24) is 10.6 Å². The van der Waals surface area contributed by atoms with Crippen LogP contribution in [0.5, 0.6) is 0 Å². The summed E-state index contributed by atoms with van der Waals surface area (Å²) in [7, 11) is 0. The second kappa shape index (κ2) is 2.62. The molecule has 4 nitrogen and oxygen atoms in total. The van der Waals surface area contributed by atoms with E-state index in [4.69, 9.17) is 0 Å². The SMILES string of the molecule is O=C1NC(=O)C(=C2CCCC2)N1. The van der Waals surface area contributed by atoms with E-state index in [1.54, 1.807) is 0 Å². The summed E-state index contributed by atoms with van der Waals surface area (Å²) >= 11 is 0. The summed E-state index contributed by atoms with van der Waals surface area (Å²) in [4.78, 5) is 21.9. The van der Waals surface area contributed by atoms with Gasteiger partial charge in [-0.25, -0.2) is 4.79 Å². The molecule has 0 spiro atoms. The number of carbonyl (C=O) groups excluding carboxylic acids is 2. The first-order valence-corrected chi connectivity index (χ1v) is 4.12. The number of rotatable bonds is 0. The predicted octanol–water partition coefficient (Wildman–Crippen LogP) is 0.654. The van der Waals surface area contributed by atoms with Crippen LogP contribution in [-0.4, -0.2) is 11.9 Å². The van der Waals surface area contributed by atoms with Crippen LogP contribution in [0.25, 0.3) is 0 Å². The number of imide groups is 1. The molecule has 2 N–H and O–H groups in total. The quantitative estimate of drug-likeness (QED) is 0.410. The molecule has 0 radical (unpaired) electrons. The largest absolute Gasteiger partial charge is 0.326 e. The van der Waals surface area contributed by atoms with Crippen LogP contribution in [0, 0.1) is 0 Å². The lowest BCUT2D eigenvalue weighted by atomic mass is 10.2. The highest BCUT2D eigenvalue weighted by molar-refractivity contribution is 6.12. The van der Waals surface area contributed by atoms with Crippen molar-refractivity contribution in [2.45, 2.75) is 25.7 Å². The topological polar surface area (TPSA) is 58.2 Å². The minimum absolute atomic E-state index is 0.267. The molecule has 1 heterocycles. The molecule has 3 amide bonds. The van der Waals surface area contributed by atoms with Crippen LogP contribution in [0.4, 0.5) is 4.79 Å². The monoisotopic (exact) mass is 166 g/mol. The highest BCUT2D eigenvalue weighted by Gasteiger charge is 2.27. The summed E-state index contributed by atoms with van der Waals surface area (Å²) in [6.45, 7) is 0. The highest BCUT2D eigenvalue weighted by Crippen LogP contribution is 2.26. The Bertz CT molecular complexity index is 273. The van der Waals surface area contributed by atoms with Gasteiger partial charge in [0.1, 0.15) is 5.70 Å². The number of hydrogen-bond donors (Lipinski definition) is 2. The van der Waals surface area contributed by atoms with Crippen molar-refractivity contribution < 1.29 is 9.59 Å². The average molecular weight is 166 g/mol. The Kier molecular flexibility index (Phi) is 1.60. The molecule has 64 valence electrons. The van der Waals surface area contributed by atoms with Gasteiger partial charge in [-0.3, -0.25) is 10.1 Å². The van der Waals surface area contributed by atoms with Crippen molar-refractivity contribution in [3.8, 4) is 0 Å². The molecule has 1 aliphatic heterocycles. The molecule has 2 fully saturated rings. The molecule has 12 heavy (non-hydrogen) atoms. The Labute approximate surface area is 70.0 Å². The average Bonchev–Trinajstić information content (AvgIpc) is 2.58. The number of amides is 3. The van der Waals surface area contributed by atoms with E-state index in [1.165, 1.54) is 0 Å². The summed E-state index contributed by atoms with van der Waals surface area (Å²) < 4.78 is 0. The number of hydrogen-bond acceptors (Lipinski definition) is 2. The van der Waals surface area contributed by atoms with Gasteiger partial charge in [0.2, 0.25) is 0 Å². The summed E-state index contributed by atoms with van der Waals surface area (Å²) in [5.41, 5.74) is 1.59. The zero-order valence-corrected chi connectivity index (χ0v) is 6.64. The van der Waals surface area contributed by atoms with Crippen molar-refractivity contribution in [1.29, 1.82) is 0 Å². The highest BCUT2D eigenvalue weighted by atomic mass is 16.2. The van der Waals surface area contributed by atoms with E-state index < -0.39 is 6.03 Å². The van der Waals surface area contributed by atoms with Crippen LogP contribution in [0.3, 0.4) is 0 Å². The fraction of sp³-hybridized carbons (Fsp3) is 0.500. The fourth-order valence-corrected chi connectivity index (χ4v) is 1.67. The molecule has 2 aliphatic rings. The molecule has 1 saturated carbocycles. The molecule has 2 rings (SSSR count). The van der Waals surface area contributed by atoms with Crippen molar-refractivity contribution in [2.24, 2.45) is 0 Å². The lowest BCUT2D eigenvalue weighted by Crippen LogP contribution is -2.22. The Morgan fingerprint density at radius 1 is 1.00 bits per heavy atom. The van der Waals surface area contributed by atoms with Gasteiger partial charge < -0.3 is 5.32 Å². The summed E-state index contributed by atoms with van der Waals surface area (Å²) in [5.74, 6) is -0.267. The third-order valence-electron chi connectivity index (χ3n) is 2.25. The smallest absolute Gasteiger partial charge is 0.303 e. The van der Waals surface area contributed by atoms with Crippen molar-refractivity contribution in [3.63, 3.8) is 0 Å². The number of allylic oxidation sites excluding steroid dienone is 1. The molecule has 1 aliphatic carbocycles. The van der Waals surface area contributed by atoms with Crippen LogP contribution in [-0.2, 0) is 4.79 Å². The Morgan fingerprint density at radius 2 is 1.67 bits per heavy atom. The Morgan fingerprint density at radius 3 is 2.17 bits per heavy atom. The van der Waals surface area contributed by atoms with E-state index in [1.807, 2.05) is 0 Å². The molecule has 0 bridgehead atoms. The molecule has 0 unspecified atom stereocenters. The van der Waals surface area contributed by atoms with Crippen LogP contribution >= 0.6 is 0 Å². The first kappa shape index (κ1) is 7.34. The molecular weight excluding hydrogens is 156 g/mol. The summed E-state index contributed by atoms with van der Waals surface area (Å²) in [5, 5.41) is 4.72. The molecule has 4 heteroatoms. The van der Waals surface area contributed by atoms with E-state index >= 15 is 0 Å². The van der Waals surface area contributed by atoms with Crippen LogP contribution in [0.1, 0.15) is 25.7 Å². The maximum atomic E-state index is 11.1. The van der Waals surface area contributed by atoms with Gasteiger partial charge in [0.05, 0.1) is 0 Å². The Balaban J connectivity index is 2.27. The minimum Gasteiger partial charge on any atom is -0.303 e. The first-order chi connectivity index (χ1) is 5.77. The van der Waals surface area contributed by atoms with Gasteiger partial charge in [-0.05, 0) is 31.3 Å². The lowest BCUT2D eigenvalue weighted by Gasteiger charge is -1.98. The van der Waals surface area contributed by atoms with Crippen molar-refractivity contribution in [3.05, 3.63) is 11.3 Å². The zero-order chi connectivity index (χ0) is 8.55. The molecular formula is C8H10N2O2. The van der Waals surface area contributed by atoms with Gasteiger partial charge in [0.25, 0.3) is 5.91 Å². The van der Waals surface area contributed by atoms with Gasteiger partial charge in [-0.15, -0.1) is 0 Å². The van der Waals surface area contributed by atoms with Crippen LogP contribution in [0.15, 0.2) is 11.3 Å². The lowest BCUT2D eigenvalue weighted by molar-refractivity contribution is -0.115. The van der Waals surface area contributed by atoms with Crippen LogP contribution in [0.2, 0.25) is 0 Å². The van der Waals surface area contributed by atoms with E-state index in [2.05, 4.69) is 10.6 Å². The number of urea groups is 1. The predicted molar refractivity (Wildman–Crippen MR) is 42.2 cm³/mol. The zero-order valence-electron chi connectivity index (χ0n) is 6.64. The van der Waals surface area contributed by atoms with E-state index in [0.29, 0.717) is 5.70 Å². The molecule has 0 atom stereocenters. The first-order valence-electron chi connectivity index (χ1n) is 4.12. The Hall–Kier alpha value is -1.32. The second-order valence-electron chi connectivity index (χ2n) is 3.09. The molecule has 0 aromatic carbocycles. The maximum Gasteiger partial charge on any atom is 0.326 e. The van der Waals surface area contributed by atoms with E-state index in [9.17, 15) is 9.59 Å².